The molecule has 0 saturated heterocycles. The van der Waals surface area contributed by atoms with Gasteiger partial charge in [-0.15, -0.1) is 0 Å². The molecule has 0 aliphatic carbocycles. The molecular weight excluding hydrogens is 333 g/mol. The van der Waals surface area contributed by atoms with E-state index in [0.29, 0.717) is 16.7 Å². The van der Waals surface area contributed by atoms with Gasteiger partial charge in [0.1, 0.15) is 0 Å². The number of carbonyl (C=O) groups excluding carboxylic acids is 1. The number of benzene rings is 1. The number of rotatable bonds is 3. The van der Waals surface area contributed by atoms with Crippen molar-refractivity contribution < 1.29 is 18.0 Å². The standard InChI is InChI=1S/C17H15F3N4O/c1-8(2)24-16-11(7-21-24)10(6-9(3)22-16)17(25)23-13-5-4-12(18)14(19)15(13)20/h4-8H,1-3H3,(H,23,25). The number of amides is 1. The molecule has 25 heavy (non-hydrogen) atoms. The highest BCUT2D eigenvalue weighted by Gasteiger charge is 2.20. The molecule has 5 nitrogen and oxygen atoms in total. The summed E-state index contributed by atoms with van der Waals surface area (Å²) in [5.74, 6) is -5.07. The molecule has 0 aliphatic heterocycles. The van der Waals surface area contributed by atoms with Gasteiger partial charge < -0.3 is 5.32 Å². The second-order valence-electron chi connectivity index (χ2n) is 5.91. The van der Waals surface area contributed by atoms with Crippen molar-refractivity contribution in [3.05, 3.63) is 53.1 Å². The SMILES string of the molecule is Cc1cc(C(=O)Nc2ccc(F)c(F)c2F)c2cnn(C(C)C)c2n1. The van der Waals surface area contributed by atoms with Crippen molar-refractivity contribution in [1.82, 2.24) is 14.8 Å². The van der Waals surface area contributed by atoms with Gasteiger partial charge in [0.05, 0.1) is 22.8 Å². The number of fused-ring (bicyclic) bond motifs is 1. The second kappa shape index (κ2) is 6.19. The van der Waals surface area contributed by atoms with E-state index in [1.165, 1.54) is 12.3 Å². The Labute approximate surface area is 141 Å². The number of carbonyl (C=O) groups is 1. The Morgan fingerprint density at radius 1 is 1.20 bits per heavy atom. The molecule has 2 heterocycles. The monoisotopic (exact) mass is 348 g/mol. The normalized spacial score (nSPS) is 11.3. The van der Waals surface area contributed by atoms with Crippen LogP contribution in [0, 0.1) is 24.4 Å². The van der Waals surface area contributed by atoms with Crippen LogP contribution in [-0.4, -0.2) is 20.7 Å². The number of hydrogen-bond donors (Lipinski definition) is 1. The summed E-state index contributed by atoms with van der Waals surface area (Å²) in [6.07, 6.45) is 1.50. The number of aromatic nitrogens is 3. The molecule has 130 valence electrons. The van der Waals surface area contributed by atoms with E-state index >= 15 is 0 Å². The summed E-state index contributed by atoms with van der Waals surface area (Å²) in [7, 11) is 0. The summed E-state index contributed by atoms with van der Waals surface area (Å²) >= 11 is 0. The van der Waals surface area contributed by atoms with Crippen LogP contribution in [0.2, 0.25) is 0 Å². The van der Waals surface area contributed by atoms with Crippen LogP contribution in [0.25, 0.3) is 11.0 Å². The molecule has 0 aliphatic rings. The van der Waals surface area contributed by atoms with Gasteiger partial charge in [-0.1, -0.05) is 0 Å². The summed E-state index contributed by atoms with van der Waals surface area (Å²) in [6, 6.07) is 3.28. The van der Waals surface area contributed by atoms with E-state index in [9.17, 15) is 18.0 Å². The Morgan fingerprint density at radius 2 is 1.92 bits per heavy atom. The minimum atomic E-state index is -1.64. The van der Waals surface area contributed by atoms with Crippen molar-refractivity contribution in [2.75, 3.05) is 5.32 Å². The van der Waals surface area contributed by atoms with E-state index < -0.39 is 29.0 Å². The lowest BCUT2D eigenvalue weighted by Crippen LogP contribution is -2.15. The van der Waals surface area contributed by atoms with Crippen molar-refractivity contribution in [3.63, 3.8) is 0 Å². The molecule has 1 amide bonds. The van der Waals surface area contributed by atoms with Crippen molar-refractivity contribution >= 4 is 22.6 Å². The zero-order valence-electron chi connectivity index (χ0n) is 13.8. The quantitative estimate of drug-likeness (QED) is 0.728. The van der Waals surface area contributed by atoms with E-state index in [-0.39, 0.29) is 11.6 Å². The summed E-state index contributed by atoms with van der Waals surface area (Å²) in [5.41, 5.74) is 0.873. The highest BCUT2D eigenvalue weighted by molar-refractivity contribution is 6.12. The first-order valence-corrected chi connectivity index (χ1v) is 7.59. The third-order valence-corrected chi connectivity index (χ3v) is 3.71. The van der Waals surface area contributed by atoms with E-state index in [2.05, 4.69) is 15.4 Å². The first kappa shape index (κ1) is 16.9. The van der Waals surface area contributed by atoms with Gasteiger partial charge >= 0.3 is 0 Å². The zero-order chi connectivity index (χ0) is 18.3. The molecule has 0 atom stereocenters. The number of anilines is 1. The number of hydrogen-bond acceptors (Lipinski definition) is 3. The zero-order valence-corrected chi connectivity index (χ0v) is 13.8. The summed E-state index contributed by atoms with van der Waals surface area (Å²) < 4.78 is 41.8. The highest BCUT2D eigenvalue weighted by atomic mass is 19.2. The van der Waals surface area contributed by atoms with Crippen LogP contribution in [0.4, 0.5) is 18.9 Å². The van der Waals surface area contributed by atoms with Crippen LogP contribution in [0.1, 0.15) is 35.9 Å². The average molecular weight is 348 g/mol. The van der Waals surface area contributed by atoms with Gasteiger partial charge in [0.2, 0.25) is 0 Å². The first-order chi connectivity index (χ1) is 11.8. The topological polar surface area (TPSA) is 59.8 Å². The first-order valence-electron chi connectivity index (χ1n) is 7.59. The molecule has 3 aromatic rings. The van der Waals surface area contributed by atoms with Gasteiger partial charge in [-0.2, -0.15) is 5.10 Å². The molecule has 1 N–H and O–H groups in total. The number of aryl methyl sites for hydroxylation is 1. The maximum absolute atomic E-state index is 13.8. The summed E-state index contributed by atoms with van der Waals surface area (Å²) in [6.45, 7) is 5.56. The van der Waals surface area contributed by atoms with Gasteiger partial charge in [0.15, 0.2) is 23.1 Å². The molecule has 0 fully saturated rings. The molecule has 0 bridgehead atoms. The van der Waals surface area contributed by atoms with Crippen LogP contribution < -0.4 is 5.32 Å². The lowest BCUT2D eigenvalue weighted by Gasteiger charge is -2.10. The van der Waals surface area contributed by atoms with Gasteiger partial charge in [0.25, 0.3) is 5.91 Å². The van der Waals surface area contributed by atoms with Crippen molar-refractivity contribution in [1.29, 1.82) is 0 Å². The Kier molecular flexibility index (Phi) is 4.20. The fraction of sp³-hybridized carbons (Fsp3) is 0.235. The van der Waals surface area contributed by atoms with Crippen LogP contribution in [0.3, 0.4) is 0 Å². The minimum absolute atomic E-state index is 0.0337. The van der Waals surface area contributed by atoms with E-state index in [1.54, 1.807) is 11.6 Å². The minimum Gasteiger partial charge on any atom is -0.319 e. The van der Waals surface area contributed by atoms with E-state index in [4.69, 9.17) is 0 Å². The third-order valence-electron chi connectivity index (χ3n) is 3.71. The van der Waals surface area contributed by atoms with Crippen molar-refractivity contribution in [3.8, 4) is 0 Å². The second-order valence-corrected chi connectivity index (χ2v) is 5.91. The highest BCUT2D eigenvalue weighted by Crippen LogP contribution is 2.24. The Hall–Kier alpha value is -2.90. The Balaban J connectivity index is 2.05. The third kappa shape index (κ3) is 2.95. The predicted molar refractivity (Wildman–Crippen MR) is 86.9 cm³/mol. The maximum Gasteiger partial charge on any atom is 0.256 e. The molecule has 1 aromatic carbocycles. The van der Waals surface area contributed by atoms with E-state index in [0.717, 1.165) is 12.1 Å². The average Bonchev–Trinajstić information content (AvgIpc) is 2.98. The molecule has 2 aromatic heterocycles. The molecule has 0 unspecified atom stereocenters. The Morgan fingerprint density at radius 3 is 2.60 bits per heavy atom. The van der Waals surface area contributed by atoms with Gasteiger partial charge in [-0.05, 0) is 39.0 Å². The van der Waals surface area contributed by atoms with Gasteiger partial charge in [-0.25, -0.2) is 22.8 Å². The number of halogens is 3. The largest absolute Gasteiger partial charge is 0.319 e. The number of nitrogens with zero attached hydrogens (tertiary/aromatic N) is 3. The fourth-order valence-electron chi connectivity index (χ4n) is 2.52. The maximum atomic E-state index is 13.8. The lowest BCUT2D eigenvalue weighted by atomic mass is 10.1. The van der Waals surface area contributed by atoms with Gasteiger partial charge in [0, 0.05) is 11.7 Å². The molecular formula is C17H15F3N4O. The summed E-state index contributed by atoms with van der Waals surface area (Å²) in [5, 5.41) is 6.97. The predicted octanol–water partition coefficient (Wildman–Crippen LogP) is 3.99. The molecule has 3 rings (SSSR count). The molecule has 0 saturated carbocycles. The van der Waals surface area contributed by atoms with Crippen LogP contribution in [-0.2, 0) is 0 Å². The Bertz CT molecular complexity index is 982. The molecule has 8 heteroatoms. The van der Waals surface area contributed by atoms with Crippen molar-refractivity contribution in [2.24, 2.45) is 0 Å². The van der Waals surface area contributed by atoms with Crippen LogP contribution in [0.5, 0.6) is 0 Å². The lowest BCUT2D eigenvalue weighted by molar-refractivity contribution is 0.102. The van der Waals surface area contributed by atoms with Crippen LogP contribution in [0.15, 0.2) is 24.4 Å². The van der Waals surface area contributed by atoms with E-state index in [1.807, 2.05) is 13.8 Å². The molecule has 0 spiro atoms. The molecule has 0 radical (unpaired) electrons. The number of pyridine rings is 1. The van der Waals surface area contributed by atoms with Gasteiger partial charge in [-0.3, -0.25) is 4.79 Å². The van der Waals surface area contributed by atoms with Crippen LogP contribution >= 0.6 is 0 Å². The smallest absolute Gasteiger partial charge is 0.256 e. The fourth-order valence-corrected chi connectivity index (χ4v) is 2.52. The van der Waals surface area contributed by atoms with Crippen molar-refractivity contribution in [2.45, 2.75) is 26.8 Å². The number of nitrogens with one attached hydrogen (secondary N) is 1. The summed E-state index contributed by atoms with van der Waals surface area (Å²) in [4.78, 5) is 16.9.